The quantitative estimate of drug-likeness (QED) is 0.428. The highest BCUT2D eigenvalue weighted by molar-refractivity contribution is 7.14. The van der Waals surface area contributed by atoms with E-state index in [0.29, 0.717) is 29.5 Å². The first-order valence-corrected chi connectivity index (χ1v) is 6.60. The number of carbonyl (C=O) groups excluding carboxylic acids is 1. The van der Waals surface area contributed by atoms with Crippen molar-refractivity contribution in [1.82, 2.24) is 10.6 Å². The van der Waals surface area contributed by atoms with Crippen LogP contribution in [0.3, 0.4) is 0 Å². The number of nitrogens with zero attached hydrogens (tertiary/aromatic N) is 1. The number of ether oxygens (including phenoxy) is 1. The Morgan fingerprint density at radius 1 is 1.45 bits per heavy atom. The van der Waals surface area contributed by atoms with Crippen LogP contribution in [0.1, 0.15) is 14.5 Å². The van der Waals surface area contributed by atoms with Gasteiger partial charge in [0.25, 0.3) is 11.6 Å². The van der Waals surface area contributed by atoms with Crippen LogP contribution >= 0.6 is 23.7 Å². The molecule has 1 amide bonds. The van der Waals surface area contributed by atoms with Gasteiger partial charge >= 0.3 is 0 Å². The molecule has 1 heterocycles. The number of rotatable bonds is 8. The molecule has 0 fully saturated rings. The number of hydrogen-bond donors (Lipinski definition) is 2. The Morgan fingerprint density at radius 2 is 2.15 bits per heavy atom. The van der Waals surface area contributed by atoms with Gasteiger partial charge in [0.2, 0.25) is 0 Å². The topological polar surface area (TPSA) is 93.5 Å². The van der Waals surface area contributed by atoms with E-state index >= 15 is 0 Å². The van der Waals surface area contributed by atoms with Crippen LogP contribution in [0.2, 0.25) is 0 Å². The minimum absolute atomic E-state index is 0. The molecule has 0 radical (unpaired) electrons. The zero-order valence-corrected chi connectivity index (χ0v) is 12.9. The molecule has 2 N–H and O–H groups in total. The number of nitrogens with one attached hydrogen (secondary N) is 2. The lowest BCUT2D eigenvalue weighted by Gasteiger charge is -2.05. The number of halogens is 1. The summed E-state index contributed by atoms with van der Waals surface area (Å²) in [6.07, 6.45) is 0. The first kappa shape index (κ1) is 18.8. The first-order valence-electron chi connectivity index (χ1n) is 5.79. The van der Waals surface area contributed by atoms with Gasteiger partial charge in [0.1, 0.15) is 0 Å². The van der Waals surface area contributed by atoms with E-state index in [1.165, 1.54) is 6.07 Å². The third kappa shape index (κ3) is 5.83. The normalized spacial score (nSPS) is 9.90. The summed E-state index contributed by atoms with van der Waals surface area (Å²) in [5.74, 6) is -0.283. The number of methoxy groups -OCH3 is 1. The molecule has 1 aromatic heterocycles. The summed E-state index contributed by atoms with van der Waals surface area (Å²) in [6, 6.07) is 1.31. The van der Waals surface area contributed by atoms with E-state index in [9.17, 15) is 14.9 Å². The Labute approximate surface area is 127 Å². The van der Waals surface area contributed by atoms with Crippen molar-refractivity contribution in [3.05, 3.63) is 25.9 Å². The fourth-order valence-electron chi connectivity index (χ4n) is 1.42. The first-order chi connectivity index (χ1) is 9.06. The molecule has 0 atom stereocenters. The van der Waals surface area contributed by atoms with Gasteiger partial charge < -0.3 is 15.4 Å². The van der Waals surface area contributed by atoms with Crippen LogP contribution in [-0.4, -0.2) is 44.2 Å². The maximum Gasteiger partial charge on any atom is 0.283 e. The van der Waals surface area contributed by atoms with Crippen LogP contribution in [0.5, 0.6) is 0 Å². The number of amides is 1. The molecule has 0 spiro atoms. The maximum absolute atomic E-state index is 11.7. The van der Waals surface area contributed by atoms with Gasteiger partial charge in [-0.15, -0.1) is 23.7 Å². The Kier molecular flexibility index (Phi) is 9.06. The van der Waals surface area contributed by atoms with Crippen molar-refractivity contribution in [2.75, 3.05) is 33.4 Å². The van der Waals surface area contributed by atoms with Gasteiger partial charge in [0, 0.05) is 32.8 Å². The summed E-state index contributed by atoms with van der Waals surface area (Å²) in [6.45, 7) is 4.06. The summed E-state index contributed by atoms with van der Waals surface area (Å²) in [5, 5.41) is 16.5. The van der Waals surface area contributed by atoms with Crippen molar-refractivity contribution in [2.24, 2.45) is 0 Å². The molecule has 1 aromatic rings. The lowest BCUT2D eigenvalue weighted by Crippen LogP contribution is -2.32. The lowest BCUT2D eigenvalue weighted by molar-refractivity contribution is -0.385. The Bertz CT molecular complexity index is 453. The number of carbonyl (C=O) groups is 1. The third-order valence-corrected chi connectivity index (χ3v) is 3.42. The van der Waals surface area contributed by atoms with Crippen molar-refractivity contribution in [1.29, 1.82) is 0 Å². The van der Waals surface area contributed by atoms with Gasteiger partial charge in [0.05, 0.1) is 21.3 Å². The minimum Gasteiger partial charge on any atom is -0.383 e. The van der Waals surface area contributed by atoms with Crippen LogP contribution < -0.4 is 10.6 Å². The largest absolute Gasteiger partial charge is 0.383 e. The average molecular weight is 324 g/mol. The Hall–Kier alpha value is -1.22. The van der Waals surface area contributed by atoms with E-state index in [1.807, 2.05) is 0 Å². The molecule has 0 saturated heterocycles. The van der Waals surface area contributed by atoms with Crippen molar-refractivity contribution < 1.29 is 14.5 Å². The molecule has 0 bridgehead atoms. The zero-order chi connectivity index (χ0) is 14.3. The maximum atomic E-state index is 11.7. The van der Waals surface area contributed by atoms with Gasteiger partial charge in [0.15, 0.2) is 0 Å². The predicted octanol–water partition coefficient (Wildman–Crippen LogP) is 1.35. The van der Waals surface area contributed by atoms with Gasteiger partial charge in [-0.1, -0.05) is 0 Å². The van der Waals surface area contributed by atoms with Crippen molar-refractivity contribution in [3.8, 4) is 0 Å². The molecule has 0 aromatic carbocycles. The lowest BCUT2D eigenvalue weighted by atomic mass is 10.3. The SMILES string of the molecule is COCCNCCNC(=O)c1cc([N+](=O)[O-])c(C)s1.Cl. The number of hydrogen-bond acceptors (Lipinski definition) is 6. The molecule has 0 saturated carbocycles. The van der Waals surface area contributed by atoms with Crippen LogP contribution in [0.15, 0.2) is 6.07 Å². The van der Waals surface area contributed by atoms with E-state index < -0.39 is 4.92 Å². The van der Waals surface area contributed by atoms with Gasteiger partial charge in [-0.25, -0.2) is 0 Å². The molecule has 7 nitrogen and oxygen atoms in total. The van der Waals surface area contributed by atoms with Crippen LogP contribution in [0.25, 0.3) is 0 Å². The molecular weight excluding hydrogens is 306 g/mol. The second-order valence-electron chi connectivity index (χ2n) is 3.81. The van der Waals surface area contributed by atoms with Crippen LogP contribution in [-0.2, 0) is 4.74 Å². The second kappa shape index (κ2) is 9.65. The van der Waals surface area contributed by atoms with E-state index in [-0.39, 0.29) is 24.0 Å². The summed E-state index contributed by atoms with van der Waals surface area (Å²) in [4.78, 5) is 22.8. The average Bonchev–Trinajstić information content (AvgIpc) is 2.75. The molecule has 9 heteroatoms. The van der Waals surface area contributed by atoms with Crippen LogP contribution in [0.4, 0.5) is 5.69 Å². The van der Waals surface area contributed by atoms with Gasteiger partial charge in [-0.3, -0.25) is 14.9 Å². The van der Waals surface area contributed by atoms with Gasteiger partial charge in [-0.2, -0.15) is 0 Å². The third-order valence-electron chi connectivity index (χ3n) is 2.38. The van der Waals surface area contributed by atoms with E-state index in [0.717, 1.165) is 17.9 Å². The Balaban J connectivity index is 0.00000361. The smallest absolute Gasteiger partial charge is 0.283 e. The molecule has 20 heavy (non-hydrogen) atoms. The number of aryl methyl sites for hydroxylation is 1. The zero-order valence-electron chi connectivity index (χ0n) is 11.3. The summed E-state index contributed by atoms with van der Waals surface area (Å²) < 4.78 is 4.87. The highest BCUT2D eigenvalue weighted by atomic mass is 35.5. The summed E-state index contributed by atoms with van der Waals surface area (Å²) in [5.41, 5.74) is -0.00614. The fourth-order valence-corrected chi connectivity index (χ4v) is 2.32. The molecule has 0 aliphatic rings. The van der Waals surface area contributed by atoms with E-state index in [2.05, 4.69) is 10.6 Å². The Morgan fingerprint density at radius 3 is 2.70 bits per heavy atom. The van der Waals surface area contributed by atoms with E-state index in [4.69, 9.17) is 4.74 Å². The fraction of sp³-hybridized carbons (Fsp3) is 0.545. The molecule has 0 aliphatic carbocycles. The van der Waals surface area contributed by atoms with Crippen molar-refractivity contribution >= 4 is 35.3 Å². The molecule has 1 rings (SSSR count). The highest BCUT2D eigenvalue weighted by Crippen LogP contribution is 2.27. The molecule has 114 valence electrons. The van der Waals surface area contributed by atoms with Gasteiger partial charge in [-0.05, 0) is 6.92 Å². The number of thiophene rings is 1. The summed E-state index contributed by atoms with van der Waals surface area (Å²) in [7, 11) is 1.62. The molecular formula is C11H18ClN3O4S. The highest BCUT2D eigenvalue weighted by Gasteiger charge is 2.18. The second-order valence-corrected chi connectivity index (χ2v) is 5.06. The van der Waals surface area contributed by atoms with Crippen molar-refractivity contribution in [3.63, 3.8) is 0 Å². The number of nitro groups is 1. The summed E-state index contributed by atoms with van der Waals surface area (Å²) >= 11 is 1.13. The van der Waals surface area contributed by atoms with E-state index in [1.54, 1.807) is 14.0 Å². The standard InChI is InChI=1S/C11H17N3O4S.ClH/c1-8-9(14(16)17)7-10(19-8)11(15)13-4-3-12-5-6-18-2;/h7,12H,3-6H2,1-2H3,(H,13,15);1H. The predicted molar refractivity (Wildman–Crippen MR) is 80.0 cm³/mol. The monoisotopic (exact) mass is 323 g/mol. The molecule has 0 unspecified atom stereocenters. The van der Waals surface area contributed by atoms with Crippen LogP contribution in [0, 0.1) is 17.0 Å². The minimum atomic E-state index is -0.477. The van der Waals surface area contributed by atoms with Crippen molar-refractivity contribution in [2.45, 2.75) is 6.92 Å². The molecule has 0 aliphatic heterocycles.